The second-order valence-electron chi connectivity index (χ2n) is 2.82. The summed E-state index contributed by atoms with van der Waals surface area (Å²) in [6.07, 6.45) is 0. The molecule has 1 aliphatic heterocycles. The van der Waals surface area contributed by atoms with Crippen LogP contribution < -0.4 is 5.32 Å². The van der Waals surface area contributed by atoms with Crippen LogP contribution in [0.1, 0.15) is 16.7 Å². The summed E-state index contributed by atoms with van der Waals surface area (Å²) in [5, 5.41) is 3.33. The van der Waals surface area contributed by atoms with Gasteiger partial charge in [-0.25, -0.2) is 0 Å². The molecule has 1 N–H and O–H groups in total. The van der Waals surface area contributed by atoms with Crippen molar-refractivity contribution in [1.82, 2.24) is 5.32 Å². The first kappa shape index (κ1) is 7.19. The molecule has 1 aromatic carbocycles. The fourth-order valence-corrected chi connectivity index (χ4v) is 1.85. The highest BCUT2D eigenvalue weighted by Crippen LogP contribution is 2.20. The zero-order chi connectivity index (χ0) is 7.68. The van der Waals surface area contributed by atoms with Gasteiger partial charge in [0.05, 0.1) is 0 Å². The molecule has 0 saturated carbocycles. The largest absolute Gasteiger partial charge is 0.309 e. The van der Waals surface area contributed by atoms with E-state index in [-0.39, 0.29) is 0 Å². The first-order chi connectivity index (χ1) is 5.42. The predicted molar refractivity (Wildman–Crippen MR) is 49.7 cm³/mol. The maximum absolute atomic E-state index is 4.28. The number of thiol groups is 1. The molecule has 0 atom stereocenters. The number of benzene rings is 1. The molecule has 1 aromatic rings. The van der Waals surface area contributed by atoms with Crippen molar-refractivity contribution in [3.63, 3.8) is 0 Å². The monoisotopic (exact) mass is 165 g/mol. The van der Waals surface area contributed by atoms with Gasteiger partial charge >= 0.3 is 0 Å². The van der Waals surface area contributed by atoms with Gasteiger partial charge < -0.3 is 5.32 Å². The van der Waals surface area contributed by atoms with Crippen molar-refractivity contribution < 1.29 is 0 Å². The second-order valence-corrected chi connectivity index (χ2v) is 3.13. The molecule has 1 heterocycles. The average molecular weight is 165 g/mol. The van der Waals surface area contributed by atoms with Gasteiger partial charge in [0.15, 0.2) is 0 Å². The van der Waals surface area contributed by atoms with Crippen molar-refractivity contribution in [2.24, 2.45) is 0 Å². The van der Waals surface area contributed by atoms with Gasteiger partial charge in [-0.1, -0.05) is 18.2 Å². The van der Waals surface area contributed by atoms with Gasteiger partial charge in [0.1, 0.15) is 0 Å². The summed E-state index contributed by atoms with van der Waals surface area (Å²) in [7, 11) is 0. The molecule has 0 unspecified atom stereocenters. The number of rotatable bonds is 1. The van der Waals surface area contributed by atoms with Gasteiger partial charge in [-0.15, -0.1) is 0 Å². The Kier molecular flexibility index (Phi) is 1.88. The Morgan fingerprint density at radius 1 is 1.36 bits per heavy atom. The summed E-state index contributed by atoms with van der Waals surface area (Å²) in [4.78, 5) is 0. The van der Waals surface area contributed by atoms with Gasteiger partial charge in [-0.2, -0.15) is 12.6 Å². The van der Waals surface area contributed by atoms with Crippen LogP contribution in [0, 0.1) is 0 Å². The second kappa shape index (κ2) is 2.88. The molecule has 0 fully saturated rings. The van der Waals surface area contributed by atoms with E-state index in [1.165, 1.54) is 16.7 Å². The predicted octanol–water partition coefficient (Wildman–Crippen LogP) is 1.72. The minimum absolute atomic E-state index is 0.852. The van der Waals surface area contributed by atoms with Crippen molar-refractivity contribution in [1.29, 1.82) is 0 Å². The SMILES string of the molecule is SCc1cccc2c1CNC2. The lowest BCUT2D eigenvalue weighted by atomic mass is 10.1. The highest BCUT2D eigenvalue weighted by atomic mass is 32.1. The molecule has 1 nitrogen and oxygen atoms in total. The highest BCUT2D eigenvalue weighted by molar-refractivity contribution is 7.79. The maximum Gasteiger partial charge on any atom is 0.0214 e. The third-order valence-corrected chi connectivity index (χ3v) is 2.50. The van der Waals surface area contributed by atoms with Crippen molar-refractivity contribution in [3.8, 4) is 0 Å². The van der Waals surface area contributed by atoms with E-state index in [0.29, 0.717) is 0 Å². The first-order valence-electron chi connectivity index (χ1n) is 3.83. The number of hydrogen-bond acceptors (Lipinski definition) is 2. The molecule has 0 aromatic heterocycles. The molecular formula is C9H11NS. The maximum atomic E-state index is 4.28. The normalized spacial score (nSPS) is 15.0. The first-order valence-corrected chi connectivity index (χ1v) is 4.46. The van der Waals surface area contributed by atoms with Crippen LogP contribution in [-0.4, -0.2) is 0 Å². The third-order valence-electron chi connectivity index (χ3n) is 2.16. The summed E-state index contributed by atoms with van der Waals surface area (Å²) in [6.45, 7) is 2.04. The topological polar surface area (TPSA) is 12.0 Å². The summed E-state index contributed by atoms with van der Waals surface area (Å²) in [5.41, 5.74) is 4.27. The molecule has 0 bridgehead atoms. The van der Waals surface area contributed by atoms with Crippen LogP contribution in [0.4, 0.5) is 0 Å². The standard InChI is InChI=1S/C9H11NS/c11-6-8-3-1-2-7-4-10-5-9(7)8/h1-3,10-11H,4-6H2. The van der Waals surface area contributed by atoms with E-state index in [1.54, 1.807) is 0 Å². The smallest absolute Gasteiger partial charge is 0.0214 e. The third kappa shape index (κ3) is 1.17. The van der Waals surface area contributed by atoms with Gasteiger partial charge in [0.25, 0.3) is 0 Å². The minimum Gasteiger partial charge on any atom is -0.309 e. The fourth-order valence-electron chi connectivity index (χ4n) is 1.55. The minimum atomic E-state index is 0.852. The van der Waals surface area contributed by atoms with Crippen LogP contribution in [0.3, 0.4) is 0 Å². The summed E-state index contributed by atoms with van der Waals surface area (Å²) in [5.74, 6) is 0.852. The molecule has 2 heteroatoms. The van der Waals surface area contributed by atoms with Crippen LogP contribution in [-0.2, 0) is 18.8 Å². The highest BCUT2D eigenvalue weighted by Gasteiger charge is 2.11. The van der Waals surface area contributed by atoms with Gasteiger partial charge in [0.2, 0.25) is 0 Å². The van der Waals surface area contributed by atoms with Gasteiger partial charge in [-0.05, 0) is 16.7 Å². The van der Waals surface area contributed by atoms with Crippen LogP contribution in [0.25, 0.3) is 0 Å². The Morgan fingerprint density at radius 3 is 3.09 bits per heavy atom. The number of nitrogens with one attached hydrogen (secondary N) is 1. The van der Waals surface area contributed by atoms with E-state index < -0.39 is 0 Å². The van der Waals surface area contributed by atoms with E-state index in [2.05, 4.69) is 36.1 Å². The lowest BCUT2D eigenvalue weighted by Gasteiger charge is -2.02. The number of fused-ring (bicyclic) bond motifs is 1. The summed E-state index contributed by atoms with van der Waals surface area (Å²) in [6, 6.07) is 6.44. The fraction of sp³-hybridized carbons (Fsp3) is 0.333. The van der Waals surface area contributed by atoms with E-state index in [4.69, 9.17) is 0 Å². The Balaban J connectivity index is 2.50. The van der Waals surface area contributed by atoms with E-state index in [9.17, 15) is 0 Å². The van der Waals surface area contributed by atoms with E-state index >= 15 is 0 Å². The van der Waals surface area contributed by atoms with E-state index in [1.807, 2.05) is 0 Å². The van der Waals surface area contributed by atoms with Gasteiger partial charge in [0, 0.05) is 18.8 Å². The van der Waals surface area contributed by atoms with E-state index in [0.717, 1.165) is 18.8 Å². The molecule has 0 saturated heterocycles. The molecule has 1 aliphatic rings. The molecule has 0 spiro atoms. The summed E-state index contributed by atoms with van der Waals surface area (Å²) >= 11 is 4.28. The lowest BCUT2D eigenvalue weighted by molar-refractivity contribution is 0.763. The number of hydrogen-bond donors (Lipinski definition) is 2. The van der Waals surface area contributed by atoms with Gasteiger partial charge in [-0.3, -0.25) is 0 Å². The summed E-state index contributed by atoms with van der Waals surface area (Å²) < 4.78 is 0. The zero-order valence-corrected chi connectivity index (χ0v) is 7.20. The Bertz CT molecular complexity index is 270. The van der Waals surface area contributed by atoms with Crippen molar-refractivity contribution >= 4 is 12.6 Å². The molecule has 0 amide bonds. The van der Waals surface area contributed by atoms with Crippen LogP contribution in [0.2, 0.25) is 0 Å². The molecule has 2 rings (SSSR count). The van der Waals surface area contributed by atoms with Crippen LogP contribution >= 0.6 is 12.6 Å². The molecule has 58 valence electrons. The molecule has 0 aliphatic carbocycles. The Morgan fingerprint density at radius 2 is 2.27 bits per heavy atom. The Labute approximate surface area is 72.2 Å². The van der Waals surface area contributed by atoms with Crippen molar-refractivity contribution in [2.75, 3.05) is 0 Å². The lowest BCUT2D eigenvalue weighted by Crippen LogP contribution is -2.00. The van der Waals surface area contributed by atoms with Crippen LogP contribution in [0.15, 0.2) is 18.2 Å². The van der Waals surface area contributed by atoms with Crippen LogP contribution in [0.5, 0.6) is 0 Å². The quantitative estimate of drug-likeness (QED) is 0.604. The van der Waals surface area contributed by atoms with Crippen molar-refractivity contribution in [3.05, 3.63) is 34.9 Å². The zero-order valence-electron chi connectivity index (χ0n) is 6.30. The molecule has 11 heavy (non-hydrogen) atoms. The average Bonchev–Trinajstić information content (AvgIpc) is 2.50. The molecule has 0 radical (unpaired) electrons. The van der Waals surface area contributed by atoms with Crippen molar-refractivity contribution in [2.45, 2.75) is 18.8 Å². The Hall–Kier alpha value is -0.470. The molecular weight excluding hydrogens is 154 g/mol.